The summed E-state index contributed by atoms with van der Waals surface area (Å²) in [6, 6.07) is 0.0353. The van der Waals surface area contributed by atoms with Crippen LogP contribution >= 0.6 is 24.0 Å². The fourth-order valence-corrected chi connectivity index (χ4v) is 1.96. The number of guanidine groups is 1. The lowest BCUT2D eigenvalue weighted by Gasteiger charge is -2.23. The van der Waals surface area contributed by atoms with Gasteiger partial charge in [-0.1, -0.05) is 19.8 Å². The summed E-state index contributed by atoms with van der Waals surface area (Å²) in [5.74, 6) is 0.401. The first-order chi connectivity index (χ1) is 11.3. The van der Waals surface area contributed by atoms with Crippen molar-refractivity contribution >= 4 is 36.0 Å². The van der Waals surface area contributed by atoms with Crippen LogP contribution in [0.15, 0.2) is 4.99 Å². The number of alkyl carbamates (subject to hydrolysis) is 1. The van der Waals surface area contributed by atoms with Gasteiger partial charge < -0.3 is 25.8 Å². The van der Waals surface area contributed by atoms with E-state index in [1.807, 2.05) is 27.7 Å². The van der Waals surface area contributed by atoms with Gasteiger partial charge in [-0.2, -0.15) is 0 Å². The van der Waals surface area contributed by atoms with Crippen LogP contribution in [0, 0.1) is 0 Å². The molecule has 0 radical (unpaired) electrons. The number of hydrogen-bond donors (Lipinski definition) is 3. The first kappa shape index (κ1) is 26.5. The maximum absolute atomic E-state index is 11.8. The fraction of sp³-hybridized carbons (Fsp3) is 0.882. The van der Waals surface area contributed by atoms with Crippen molar-refractivity contribution in [1.29, 1.82) is 0 Å². The molecular weight excluding hydrogens is 435 g/mol. The van der Waals surface area contributed by atoms with Crippen molar-refractivity contribution < 1.29 is 14.3 Å². The quantitative estimate of drug-likeness (QED) is 0.186. The summed E-state index contributed by atoms with van der Waals surface area (Å²) in [5.41, 5.74) is 5.42. The second kappa shape index (κ2) is 15.5. The Labute approximate surface area is 169 Å². The topological polar surface area (TPSA) is 98.0 Å². The van der Waals surface area contributed by atoms with Crippen molar-refractivity contribution in [3.8, 4) is 0 Å². The highest BCUT2D eigenvalue weighted by Crippen LogP contribution is 2.06. The number of nitrogens with zero attached hydrogens (tertiary/aromatic N) is 1. The molecule has 1 amide bonds. The predicted octanol–water partition coefficient (Wildman–Crippen LogP) is 3.02. The molecule has 0 aliphatic heterocycles. The molecule has 7 nitrogen and oxygen atoms in total. The summed E-state index contributed by atoms with van der Waals surface area (Å²) < 4.78 is 10.5. The van der Waals surface area contributed by atoms with Crippen LogP contribution in [-0.4, -0.2) is 50.0 Å². The highest BCUT2D eigenvalue weighted by Gasteiger charge is 2.17. The van der Waals surface area contributed by atoms with Gasteiger partial charge >= 0.3 is 6.09 Å². The summed E-state index contributed by atoms with van der Waals surface area (Å²) in [4.78, 5) is 16.0. The molecular formula is C17H37IN4O3. The van der Waals surface area contributed by atoms with E-state index in [1.54, 1.807) is 0 Å². The molecule has 0 aromatic heterocycles. The molecule has 0 saturated heterocycles. The third-order valence-electron chi connectivity index (χ3n) is 3.08. The summed E-state index contributed by atoms with van der Waals surface area (Å²) in [6.45, 7) is 12.1. The Morgan fingerprint density at radius 3 is 2.48 bits per heavy atom. The van der Waals surface area contributed by atoms with Crippen LogP contribution in [-0.2, 0) is 9.47 Å². The minimum absolute atomic E-state index is 0. The van der Waals surface area contributed by atoms with Gasteiger partial charge in [0.25, 0.3) is 0 Å². The van der Waals surface area contributed by atoms with Gasteiger partial charge in [-0.15, -0.1) is 24.0 Å². The second-order valence-electron chi connectivity index (χ2n) is 6.68. The van der Waals surface area contributed by atoms with E-state index in [0.29, 0.717) is 32.3 Å². The molecule has 0 rings (SSSR count). The van der Waals surface area contributed by atoms with Crippen LogP contribution in [0.1, 0.15) is 60.3 Å². The Hall–Kier alpha value is -0.770. The summed E-state index contributed by atoms with van der Waals surface area (Å²) in [7, 11) is 0. The molecule has 150 valence electrons. The lowest BCUT2D eigenvalue weighted by atomic mass is 10.1. The van der Waals surface area contributed by atoms with Gasteiger partial charge in [0, 0.05) is 32.3 Å². The first-order valence-electron chi connectivity index (χ1n) is 8.89. The molecule has 0 aromatic rings. The van der Waals surface area contributed by atoms with Gasteiger partial charge in [0.05, 0.1) is 0 Å². The van der Waals surface area contributed by atoms with Crippen LogP contribution < -0.4 is 16.4 Å². The minimum atomic E-state index is -0.503. The Morgan fingerprint density at radius 2 is 1.92 bits per heavy atom. The lowest BCUT2D eigenvalue weighted by Crippen LogP contribution is -2.47. The summed E-state index contributed by atoms with van der Waals surface area (Å²) in [5, 5.41) is 5.96. The third-order valence-corrected chi connectivity index (χ3v) is 3.08. The zero-order chi connectivity index (χ0) is 18.4. The minimum Gasteiger partial charge on any atom is -0.444 e. The van der Waals surface area contributed by atoms with E-state index < -0.39 is 11.7 Å². The first-order valence-corrected chi connectivity index (χ1v) is 8.89. The predicted molar refractivity (Wildman–Crippen MR) is 114 cm³/mol. The molecule has 4 N–H and O–H groups in total. The third kappa shape index (κ3) is 17.8. The highest BCUT2D eigenvalue weighted by atomic mass is 127. The average Bonchev–Trinajstić information content (AvgIpc) is 2.48. The largest absolute Gasteiger partial charge is 0.444 e. The van der Waals surface area contributed by atoms with Crippen molar-refractivity contribution in [3.63, 3.8) is 0 Å². The Bertz CT molecular complexity index is 373. The van der Waals surface area contributed by atoms with E-state index >= 15 is 0 Å². The zero-order valence-corrected chi connectivity index (χ0v) is 18.7. The second-order valence-corrected chi connectivity index (χ2v) is 6.68. The monoisotopic (exact) mass is 472 g/mol. The van der Waals surface area contributed by atoms with Gasteiger partial charge in [0.15, 0.2) is 5.96 Å². The number of nitrogens with two attached hydrogens (primary N) is 1. The van der Waals surface area contributed by atoms with Crippen molar-refractivity contribution in [2.45, 2.75) is 71.9 Å². The van der Waals surface area contributed by atoms with Crippen LogP contribution in [0.4, 0.5) is 4.79 Å². The van der Waals surface area contributed by atoms with Crippen LogP contribution in [0.5, 0.6) is 0 Å². The molecule has 0 aliphatic carbocycles. The van der Waals surface area contributed by atoms with Crippen molar-refractivity contribution in [1.82, 2.24) is 10.6 Å². The van der Waals surface area contributed by atoms with E-state index in [9.17, 15) is 4.79 Å². The number of unbranched alkanes of at least 4 members (excludes halogenated alkanes) is 1. The number of hydrogen-bond acceptors (Lipinski definition) is 4. The molecule has 0 aromatic carbocycles. The van der Waals surface area contributed by atoms with E-state index in [1.165, 1.54) is 0 Å². The van der Waals surface area contributed by atoms with Crippen LogP contribution in [0.25, 0.3) is 0 Å². The van der Waals surface area contributed by atoms with Gasteiger partial charge in [0.1, 0.15) is 5.60 Å². The van der Waals surface area contributed by atoms with Crippen molar-refractivity contribution in [2.24, 2.45) is 10.7 Å². The van der Waals surface area contributed by atoms with E-state index in [0.717, 1.165) is 25.7 Å². The molecule has 0 aliphatic rings. The molecule has 0 bridgehead atoms. The molecule has 1 atom stereocenters. The summed E-state index contributed by atoms with van der Waals surface area (Å²) in [6.07, 6.45) is 3.45. The molecule has 0 saturated carbocycles. The smallest absolute Gasteiger partial charge is 0.407 e. The van der Waals surface area contributed by atoms with Crippen molar-refractivity contribution in [3.05, 3.63) is 0 Å². The van der Waals surface area contributed by atoms with E-state index in [2.05, 4.69) is 22.5 Å². The number of carbonyl (C=O) groups excluding carboxylic acids is 1. The van der Waals surface area contributed by atoms with Crippen LogP contribution in [0.2, 0.25) is 0 Å². The number of amides is 1. The van der Waals surface area contributed by atoms with Gasteiger partial charge in [0.2, 0.25) is 0 Å². The molecule has 0 fully saturated rings. The maximum atomic E-state index is 11.8. The molecule has 1 unspecified atom stereocenters. The highest BCUT2D eigenvalue weighted by molar-refractivity contribution is 14.0. The van der Waals surface area contributed by atoms with E-state index in [-0.39, 0.29) is 30.0 Å². The number of ether oxygens (including phenoxy) is 2. The lowest BCUT2D eigenvalue weighted by molar-refractivity contribution is 0.0523. The number of halogens is 1. The number of aliphatic imine (C=N–C) groups is 1. The number of carbonyl (C=O) groups is 1. The Kier molecular flexibility index (Phi) is 16.4. The fourth-order valence-electron chi connectivity index (χ4n) is 1.96. The maximum Gasteiger partial charge on any atom is 0.407 e. The molecule has 0 spiro atoms. The molecule has 0 heterocycles. The van der Waals surface area contributed by atoms with Gasteiger partial charge in [-0.05, 0) is 40.5 Å². The average molecular weight is 472 g/mol. The summed E-state index contributed by atoms with van der Waals surface area (Å²) >= 11 is 0. The van der Waals surface area contributed by atoms with Crippen molar-refractivity contribution in [2.75, 3.05) is 26.3 Å². The molecule has 25 heavy (non-hydrogen) atoms. The van der Waals surface area contributed by atoms with Gasteiger partial charge in [-0.25, -0.2) is 4.79 Å². The normalized spacial score (nSPS) is 12.9. The number of rotatable bonds is 11. The van der Waals surface area contributed by atoms with Crippen LogP contribution in [0.3, 0.4) is 0 Å². The number of nitrogens with one attached hydrogen (secondary N) is 2. The SMILES string of the molecule is CCCCC(CNC(=O)OC(C)(C)C)NC(N)=NCCCOCC.I. The zero-order valence-electron chi connectivity index (χ0n) is 16.4. The van der Waals surface area contributed by atoms with Gasteiger partial charge in [-0.3, -0.25) is 4.99 Å². The van der Waals surface area contributed by atoms with E-state index in [4.69, 9.17) is 15.2 Å². The Morgan fingerprint density at radius 1 is 1.24 bits per heavy atom. The standard InChI is InChI=1S/C17H36N4O3.HI/c1-6-8-10-14(13-20-16(22)24-17(3,4)5)21-15(18)19-11-9-12-23-7-2;/h14H,6-13H2,1-5H3,(H,20,22)(H3,18,19,21);1H. The Balaban J connectivity index is 0. The molecule has 8 heteroatoms.